The van der Waals surface area contributed by atoms with Crippen LogP contribution in [0.5, 0.6) is 0 Å². The van der Waals surface area contributed by atoms with Crippen molar-refractivity contribution in [1.29, 1.82) is 0 Å². The molecule has 2 rings (SSSR count). The van der Waals surface area contributed by atoms with Crippen LogP contribution in [-0.2, 0) is 16.0 Å². The zero-order chi connectivity index (χ0) is 14.0. The summed E-state index contributed by atoms with van der Waals surface area (Å²) >= 11 is 6.01. The van der Waals surface area contributed by atoms with Crippen LogP contribution < -0.4 is 4.90 Å². The van der Waals surface area contributed by atoms with Gasteiger partial charge in [0.25, 0.3) is 0 Å². The van der Waals surface area contributed by atoms with Crippen LogP contribution in [0.2, 0.25) is 0 Å². The zero-order valence-corrected chi connectivity index (χ0v) is 13.0. The van der Waals surface area contributed by atoms with E-state index >= 15 is 0 Å². The molecule has 0 aromatic carbocycles. The third kappa shape index (κ3) is 3.40. The molecule has 106 valence electrons. The number of ether oxygens (including phenoxy) is 1. The second-order valence-corrected chi connectivity index (χ2v) is 6.50. The minimum absolute atomic E-state index is 0.0316. The van der Waals surface area contributed by atoms with Gasteiger partial charge in [0, 0.05) is 30.6 Å². The third-order valence-corrected chi connectivity index (χ3v) is 3.92. The summed E-state index contributed by atoms with van der Waals surface area (Å²) in [5, 5.41) is 0. The minimum atomic E-state index is 0.0316. The maximum absolute atomic E-state index is 6.01. The highest BCUT2D eigenvalue weighted by Crippen LogP contribution is 2.27. The van der Waals surface area contributed by atoms with Crippen LogP contribution in [0.25, 0.3) is 0 Å². The number of alkyl halides is 1. The summed E-state index contributed by atoms with van der Waals surface area (Å²) in [6.45, 7) is 8.16. The van der Waals surface area contributed by atoms with Crippen molar-refractivity contribution < 1.29 is 4.74 Å². The summed E-state index contributed by atoms with van der Waals surface area (Å²) in [7, 11) is 2.09. The van der Waals surface area contributed by atoms with E-state index in [0.717, 1.165) is 36.7 Å². The lowest BCUT2D eigenvalue weighted by Crippen LogP contribution is -2.33. The maximum atomic E-state index is 6.01. The van der Waals surface area contributed by atoms with Crippen LogP contribution in [0.4, 0.5) is 5.82 Å². The number of hydrogen-bond donors (Lipinski definition) is 0. The second-order valence-electron chi connectivity index (χ2n) is 6.23. The summed E-state index contributed by atoms with van der Waals surface area (Å²) in [5.74, 6) is 1.52. The Morgan fingerprint density at radius 3 is 2.68 bits per heavy atom. The van der Waals surface area contributed by atoms with Crippen molar-refractivity contribution in [2.45, 2.75) is 44.5 Å². The van der Waals surface area contributed by atoms with Gasteiger partial charge in [-0.3, -0.25) is 0 Å². The van der Waals surface area contributed by atoms with Gasteiger partial charge in [-0.25, -0.2) is 4.98 Å². The van der Waals surface area contributed by atoms with Crippen LogP contribution in [0.3, 0.4) is 0 Å². The van der Waals surface area contributed by atoms with E-state index in [1.165, 1.54) is 0 Å². The van der Waals surface area contributed by atoms with E-state index < -0.39 is 0 Å². The number of aromatic nitrogens is 1. The molecule has 1 unspecified atom stereocenters. The molecule has 0 bridgehead atoms. The fraction of sp³-hybridized carbons (Fsp3) is 0.667. The van der Waals surface area contributed by atoms with Crippen LogP contribution in [0, 0.1) is 0 Å². The van der Waals surface area contributed by atoms with E-state index in [4.69, 9.17) is 21.3 Å². The molecule has 0 radical (unpaired) electrons. The van der Waals surface area contributed by atoms with E-state index in [1.54, 1.807) is 0 Å². The molecule has 1 atom stereocenters. The molecule has 1 aromatic rings. The van der Waals surface area contributed by atoms with Gasteiger partial charge in [-0.1, -0.05) is 20.8 Å². The Morgan fingerprint density at radius 1 is 1.42 bits per heavy atom. The molecule has 0 aliphatic carbocycles. The van der Waals surface area contributed by atoms with Gasteiger partial charge in [0.15, 0.2) is 0 Å². The Hall–Kier alpha value is -0.800. The summed E-state index contributed by atoms with van der Waals surface area (Å²) in [4.78, 5) is 7.03. The first-order valence-electron chi connectivity index (χ1n) is 6.80. The van der Waals surface area contributed by atoms with Gasteiger partial charge < -0.3 is 9.64 Å². The SMILES string of the molecule is CN(c1cc(CCl)cc(C(C)(C)C)n1)C1CCOC1. The molecular formula is C15H23ClN2O. The highest BCUT2D eigenvalue weighted by molar-refractivity contribution is 6.17. The first-order valence-corrected chi connectivity index (χ1v) is 7.33. The summed E-state index contributed by atoms with van der Waals surface area (Å²) in [5.41, 5.74) is 2.25. The summed E-state index contributed by atoms with van der Waals surface area (Å²) < 4.78 is 5.46. The van der Waals surface area contributed by atoms with Crippen molar-refractivity contribution in [2.24, 2.45) is 0 Å². The zero-order valence-electron chi connectivity index (χ0n) is 12.2. The number of nitrogens with zero attached hydrogens (tertiary/aromatic N) is 2. The monoisotopic (exact) mass is 282 g/mol. The summed E-state index contributed by atoms with van der Waals surface area (Å²) in [6, 6.07) is 4.61. The molecule has 1 aromatic heterocycles. The molecule has 0 saturated carbocycles. The van der Waals surface area contributed by atoms with Gasteiger partial charge in [0.2, 0.25) is 0 Å². The van der Waals surface area contributed by atoms with Crippen LogP contribution in [0.15, 0.2) is 12.1 Å². The van der Waals surface area contributed by atoms with Crippen LogP contribution in [0.1, 0.15) is 38.4 Å². The van der Waals surface area contributed by atoms with Gasteiger partial charge >= 0.3 is 0 Å². The van der Waals surface area contributed by atoms with Crippen molar-refractivity contribution in [3.63, 3.8) is 0 Å². The molecule has 2 heterocycles. The normalized spacial score (nSPS) is 19.7. The number of pyridine rings is 1. The largest absolute Gasteiger partial charge is 0.379 e. The van der Waals surface area contributed by atoms with E-state index in [2.05, 4.69) is 44.9 Å². The lowest BCUT2D eigenvalue weighted by atomic mass is 9.91. The van der Waals surface area contributed by atoms with E-state index in [-0.39, 0.29) is 5.41 Å². The van der Waals surface area contributed by atoms with Gasteiger partial charge in [0.05, 0.1) is 12.6 Å². The van der Waals surface area contributed by atoms with Gasteiger partial charge in [-0.2, -0.15) is 0 Å². The average Bonchev–Trinajstić information content (AvgIpc) is 2.90. The molecule has 0 spiro atoms. The Balaban J connectivity index is 2.33. The van der Waals surface area contributed by atoms with E-state index in [0.29, 0.717) is 11.9 Å². The first-order chi connectivity index (χ1) is 8.91. The van der Waals surface area contributed by atoms with Crippen molar-refractivity contribution in [2.75, 3.05) is 25.2 Å². The fourth-order valence-corrected chi connectivity index (χ4v) is 2.38. The first kappa shape index (κ1) is 14.6. The van der Waals surface area contributed by atoms with Crippen molar-refractivity contribution in [3.8, 4) is 0 Å². The highest BCUT2D eigenvalue weighted by atomic mass is 35.5. The Labute approximate surface area is 120 Å². The molecule has 19 heavy (non-hydrogen) atoms. The number of anilines is 1. The quantitative estimate of drug-likeness (QED) is 0.795. The smallest absolute Gasteiger partial charge is 0.129 e. The molecule has 1 fully saturated rings. The second kappa shape index (κ2) is 5.68. The lowest BCUT2D eigenvalue weighted by molar-refractivity contribution is 0.193. The average molecular weight is 283 g/mol. The fourth-order valence-electron chi connectivity index (χ4n) is 2.23. The number of likely N-dealkylation sites (N-methyl/N-ethyl adjacent to an activating group) is 1. The Bertz CT molecular complexity index is 436. The molecule has 4 heteroatoms. The predicted molar refractivity (Wildman–Crippen MR) is 80.1 cm³/mol. The molecular weight excluding hydrogens is 260 g/mol. The van der Waals surface area contributed by atoms with Gasteiger partial charge in [0.1, 0.15) is 5.82 Å². The molecule has 1 aliphatic heterocycles. The molecule has 1 aliphatic rings. The molecule has 0 amide bonds. The molecule has 1 saturated heterocycles. The van der Waals surface area contributed by atoms with Gasteiger partial charge in [-0.05, 0) is 24.1 Å². The molecule has 0 N–H and O–H groups in total. The van der Waals surface area contributed by atoms with Crippen LogP contribution >= 0.6 is 11.6 Å². The third-order valence-electron chi connectivity index (χ3n) is 3.61. The van der Waals surface area contributed by atoms with E-state index in [1.807, 2.05) is 0 Å². The maximum Gasteiger partial charge on any atom is 0.129 e. The Morgan fingerprint density at radius 2 is 2.16 bits per heavy atom. The minimum Gasteiger partial charge on any atom is -0.379 e. The van der Waals surface area contributed by atoms with Crippen LogP contribution in [-0.4, -0.2) is 31.3 Å². The van der Waals surface area contributed by atoms with Crippen molar-refractivity contribution in [3.05, 3.63) is 23.4 Å². The topological polar surface area (TPSA) is 25.4 Å². The Kier molecular flexibility index (Phi) is 4.36. The van der Waals surface area contributed by atoms with E-state index in [9.17, 15) is 0 Å². The number of hydrogen-bond acceptors (Lipinski definition) is 3. The predicted octanol–water partition coefficient (Wildman–Crippen LogP) is 3.34. The highest BCUT2D eigenvalue weighted by Gasteiger charge is 2.23. The summed E-state index contributed by atoms with van der Waals surface area (Å²) in [6.07, 6.45) is 1.06. The number of halogens is 1. The standard InChI is InChI=1S/C15H23ClN2O/c1-15(2,3)13-7-11(9-16)8-14(17-13)18(4)12-5-6-19-10-12/h7-8,12H,5-6,9-10H2,1-4H3. The molecule has 3 nitrogen and oxygen atoms in total. The van der Waals surface area contributed by atoms with Crippen molar-refractivity contribution >= 4 is 17.4 Å². The van der Waals surface area contributed by atoms with Gasteiger partial charge in [-0.15, -0.1) is 11.6 Å². The number of rotatable bonds is 3. The lowest BCUT2D eigenvalue weighted by Gasteiger charge is -2.27. The van der Waals surface area contributed by atoms with Crippen molar-refractivity contribution in [1.82, 2.24) is 4.98 Å².